The second kappa shape index (κ2) is 7.33. The highest BCUT2D eigenvalue weighted by Gasteiger charge is 2.11. The molecular formula is C15H26N2. The molecule has 2 heteroatoms. The van der Waals surface area contributed by atoms with Crippen LogP contribution in [0.2, 0.25) is 0 Å². The van der Waals surface area contributed by atoms with E-state index < -0.39 is 0 Å². The summed E-state index contributed by atoms with van der Waals surface area (Å²) in [5, 5.41) is 0. The SMILES string of the molecule is CCCCN(c1ccc(CN)cc1)C(C)CC. The zero-order valence-corrected chi connectivity index (χ0v) is 11.4. The van der Waals surface area contributed by atoms with Crippen molar-refractivity contribution in [1.82, 2.24) is 0 Å². The Kier molecular flexibility index (Phi) is 6.06. The van der Waals surface area contributed by atoms with Crippen LogP contribution in [0.15, 0.2) is 24.3 Å². The van der Waals surface area contributed by atoms with Gasteiger partial charge in [0, 0.05) is 24.8 Å². The molecule has 1 atom stereocenters. The molecule has 0 saturated heterocycles. The van der Waals surface area contributed by atoms with Crippen LogP contribution in [0.5, 0.6) is 0 Å². The molecule has 96 valence electrons. The van der Waals surface area contributed by atoms with Gasteiger partial charge in [0.25, 0.3) is 0 Å². The largest absolute Gasteiger partial charge is 0.369 e. The zero-order chi connectivity index (χ0) is 12.7. The zero-order valence-electron chi connectivity index (χ0n) is 11.4. The van der Waals surface area contributed by atoms with Gasteiger partial charge in [-0.05, 0) is 37.5 Å². The lowest BCUT2D eigenvalue weighted by Crippen LogP contribution is -2.33. The standard InChI is InChI=1S/C15H26N2/c1-4-6-11-17(13(3)5-2)15-9-7-14(12-16)8-10-15/h7-10,13H,4-6,11-12,16H2,1-3H3. The van der Waals surface area contributed by atoms with E-state index in [1.165, 1.54) is 30.5 Å². The van der Waals surface area contributed by atoms with Crippen molar-refractivity contribution >= 4 is 5.69 Å². The molecule has 0 radical (unpaired) electrons. The predicted molar refractivity (Wildman–Crippen MR) is 76.3 cm³/mol. The monoisotopic (exact) mass is 234 g/mol. The lowest BCUT2D eigenvalue weighted by molar-refractivity contribution is 0.596. The van der Waals surface area contributed by atoms with Gasteiger partial charge in [0.2, 0.25) is 0 Å². The average molecular weight is 234 g/mol. The van der Waals surface area contributed by atoms with Crippen LogP contribution >= 0.6 is 0 Å². The molecule has 17 heavy (non-hydrogen) atoms. The van der Waals surface area contributed by atoms with E-state index in [1.807, 2.05) is 0 Å². The normalized spacial score (nSPS) is 12.5. The summed E-state index contributed by atoms with van der Waals surface area (Å²) >= 11 is 0. The maximum Gasteiger partial charge on any atom is 0.0368 e. The van der Waals surface area contributed by atoms with Crippen molar-refractivity contribution in [3.05, 3.63) is 29.8 Å². The van der Waals surface area contributed by atoms with Crippen LogP contribution in [-0.2, 0) is 6.54 Å². The van der Waals surface area contributed by atoms with Gasteiger partial charge in [0.1, 0.15) is 0 Å². The number of nitrogens with two attached hydrogens (primary N) is 1. The fourth-order valence-electron chi connectivity index (χ4n) is 1.98. The smallest absolute Gasteiger partial charge is 0.0368 e. The number of unbranched alkanes of at least 4 members (excludes halogenated alkanes) is 1. The van der Waals surface area contributed by atoms with Crippen LogP contribution in [0.1, 0.15) is 45.6 Å². The number of nitrogens with zero attached hydrogens (tertiary/aromatic N) is 1. The number of anilines is 1. The predicted octanol–water partition coefficient (Wildman–Crippen LogP) is 3.55. The number of rotatable bonds is 7. The minimum absolute atomic E-state index is 0.602. The van der Waals surface area contributed by atoms with E-state index in [1.54, 1.807) is 0 Å². The first-order valence-corrected chi connectivity index (χ1v) is 6.78. The van der Waals surface area contributed by atoms with E-state index in [-0.39, 0.29) is 0 Å². The van der Waals surface area contributed by atoms with Gasteiger partial charge in [-0.1, -0.05) is 32.4 Å². The van der Waals surface area contributed by atoms with Gasteiger partial charge in [-0.2, -0.15) is 0 Å². The molecule has 0 aliphatic carbocycles. The van der Waals surface area contributed by atoms with Crippen molar-refractivity contribution in [3.8, 4) is 0 Å². The average Bonchev–Trinajstić information content (AvgIpc) is 2.39. The number of hydrogen-bond acceptors (Lipinski definition) is 2. The van der Waals surface area contributed by atoms with Gasteiger partial charge >= 0.3 is 0 Å². The van der Waals surface area contributed by atoms with Gasteiger partial charge in [0.15, 0.2) is 0 Å². The molecule has 0 aliphatic heterocycles. The van der Waals surface area contributed by atoms with Crippen molar-refractivity contribution in [2.45, 2.75) is 52.6 Å². The van der Waals surface area contributed by atoms with Crippen LogP contribution in [-0.4, -0.2) is 12.6 Å². The molecular weight excluding hydrogens is 208 g/mol. The van der Waals surface area contributed by atoms with E-state index in [4.69, 9.17) is 5.73 Å². The molecule has 1 aromatic rings. The van der Waals surface area contributed by atoms with Crippen LogP contribution < -0.4 is 10.6 Å². The first-order chi connectivity index (χ1) is 8.22. The second-order valence-corrected chi connectivity index (χ2v) is 4.67. The summed E-state index contributed by atoms with van der Waals surface area (Å²) in [5.41, 5.74) is 8.15. The molecule has 1 rings (SSSR count). The Morgan fingerprint density at radius 3 is 2.29 bits per heavy atom. The van der Waals surface area contributed by atoms with Gasteiger partial charge in [0.05, 0.1) is 0 Å². The van der Waals surface area contributed by atoms with E-state index >= 15 is 0 Å². The minimum atomic E-state index is 0.602. The third kappa shape index (κ3) is 4.04. The molecule has 2 nitrogen and oxygen atoms in total. The summed E-state index contributed by atoms with van der Waals surface area (Å²) in [6.07, 6.45) is 3.68. The van der Waals surface area contributed by atoms with E-state index in [2.05, 4.69) is 49.9 Å². The molecule has 0 spiro atoms. The summed E-state index contributed by atoms with van der Waals surface area (Å²) in [4.78, 5) is 2.50. The highest BCUT2D eigenvalue weighted by molar-refractivity contribution is 5.48. The summed E-state index contributed by atoms with van der Waals surface area (Å²) in [6, 6.07) is 9.27. The van der Waals surface area contributed by atoms with Crippen LogP contribution in [0, 0.1) is 0 Å². The molecule has 1 aromatic carbocycles. The minimum Gasteiger partial charge on any atom is -0.369 e. The summed E-state index contributed by atoms with van der Waals surface area (Å²) in [6.45, 7) is 8.56. The maximum atomic E-state index is 5.63. The summed E-state index contributed by atoms with van der Waals surface area (Å²) in [5.74, 6) is 0. The number of benzene rings is 1. The van der Waals surface area contributed by atoms with Gasteiger partial charge < -0.3 is 10.6 Å². The molecule has 0 heterocycles. The van der Waals surface area contributed by atoms with Crippen molar-refractivity contribution in [1.29, 1.82) is 0 Å². The van der Waals surface area contributed by atoms with Crippen LogP contribution in [0.3, 0.4) is 0 Å². The Balaban J connectivity index is 2.79. The Bertz CT molecular complexity index is 305. The first-order valence-electron chi connectivity index (χ1n) is 6.78. The fourth-order valence-corrected chi connectivity index (χ4v) is 1.98. The Morgan fingerprint density at radius 1 is 1.18 bits per heavy atom. The number of hydrogen-bond donors (Lipinski definition) is 1. The maximum absolute atomic E-state index is 5.63. The van der Waals surface area contributed by atoms with Crippen LogP contribution in [0.25, 0.3) is 0 Å². The molecule has 0 bridgehead atoms. The molecule has 0 aliphatic rings. The second-order valence-electron chi connectivity index (χ2n) is 4.67. The van der Waals surface area contributed by atoms with Crippen LogP contribution in [0.4, 0.5) is 5.69 Å². The Hall–Kier alpha value is -1.02. The Labute approximate surface area is 106 Å². The third-order valence-corrected chi connectivity index (χ3v) is 3.38. The van der Waals surface area contributed by atoms with Crippen molar-refractivity contribution in [2.75, 3.05) is 11.4 Å². The lowest BCUT2D eigenvalue weighted by atomic mass is 10.1. The van der Waals surface area contributed by atoms with Crippen molar-refractivity contribution in [3.63, 3.8) is 0 Å². The van der Waals surface area contributed by atoms with Gasteiger partial charge in [-0.3, -0.25) is 0 Å². The Morgan fingerprint density at radius 2 is 1.82 bits per heavy atom. The molecule has 2 N–H and O–H groups in total. The quantitative estimate of drug-likeness (QED) is 0.781. The van der Waals surface area contributed by atoms with Crippen molar-refractivity contribution in [2.24, 2.45) is 5.73 Å². The first kappa shape index (κ1) is 14.0. The lowest BCUT2D eigenvalue weighted by Gasteiger charge is -2.31. The van der Waals surface area contributed by atoms with E-state index in [9.17, 15) is 0 Å². The van der Waals surface area contributed by atoms with Gasteiger partial charge in [-0.25, -0.2) is 0 Å². The summed E-state index contributed by atoms with van der Waals surface area (Å²) in [7, 11) is 0. The van der Waals surface area contributed by atoms with E-state index in [0.29, 0.717) is 12.6 Å². The highest BCUT2D eigenvalue weighted by Crippen LogP contribution is 2.20. The van der Waals surface area contributed by atoms with Gasteiger partial charge in [-0.15, -0.1) is 0 Å². The fraction of sp³-hybridized carbons (Fsp3) is 0.600. The molecule has 0 amide bonds. The van der Waals surface area contributed by atoms with Crippen molar-refractivity contribution < 1.29 is 0 Å². The molecule has 0 aromatic heterocycles. The molecule has 0 fully saturated rings. The highest BCUT2D eigenvalue weighted by atomic mass is 15.2. The molecule has 0 saturated carbocycles. The molecule has 1 unspecified atom stereocenters. The topological polar surface area (TPSA) is 29.3 Å². The summed E-state index contributed by atoms with van der Waals surface area (Å²) < 4.78 is 0. The third-order valence-electron chi connectivity index (χ3n) is 3.38. The van der Waals surface area contributed by atoms with E-state index in [0.717, 1.165) is 6.54 Å².